The second-order valence-corrected chi connectivity index (χ2v) is 2.20. The summed E-state index contributed by atoms with van der Waals surface area (Å²) in [7, 11) is 0. The van der Waals surface area contributed by atoms with Gasteiger partial charge in [0.15, 0.2) is 0 Å². The summed E-state index contributed by atoms with van der Waals surface area (Å²) in [5.74, 6) is 4.96. The molecule has 1 aliphatic rings. The van der Waals surface area contributed by atoms with Crippen molar-refractivity contribution in [2.75, 3.05) is 19.7 Å². The summed E-state index contributed by atoms with van der Waals surface area (Å²) in [6.45, 7) is 5.73. The van der Waals surface area contributed by atoms with Gasteiger partial charge in [-0.25, -0.2) is 4.94 Å². The van der Waals surface area contributed by atoms with E-state index < -0.39 is 0 Å². The van der Waals surface area contributed by atoms with E-state index in [0.29, 0.717) is 12.6 Å². The molecule has 1 fully saturated rings. The monoisotopic (exact) mass is 144 g/mol. The molecule has 4 heteroatoms. The van der Waals surface area contributed by atoms with Gasteiger partial charge in [-0.15, -0.1) is 6.58 Å². The Bertz CT molecular complexity index is 114. The van der Waals surface area contributed by atoms with Gasteiger partial charge in [-0.05, 0) is 0 Å². The molecule has 1 heterocycles. The van der Waals surface area contributed by atoms with Gasteiger partial charge >= 0.3 is 0 Å². The highest BCUT2D eigenvalue weighted by Crippen LogP contribution is 2.09. The van der Waals surface area contributed by atoms with E-state index in [4.69, 9.17) is 10.6 Å². The lowest BCUT2D eigenvalue weighted by Gasteiger charge is -2.13. The van der Waals surface area contributed by atoms with E-state index in [2.05, 4.69) is 11.5 Å². The predicted octanol–water partition coefficient (Wildman–Crippen LogP) is -0.322. The SMILES string of the molecule is C=CCN(CC1CO1)ON. The lowest BCUT2D eigenvalue weighted by Crippen LogP contribution is -2.31. The largest absolute Gasteiger partial charge is 0.372 e. The van der Waals surface area contributed by atoms with Crippen LogP contribution in [-0.4, -0.2) is 30.9 Å². The first-order valence-corrected chi connectivity index (χ1v) is 3.21. The van der Waals surface area contributed by atoms with Crippen LogP contribution in [0, 0.1) is 0 Å². The topological polar surface area (TPSA) is 51.0 Å². The molecule has 0 radical (unpaired) electrons. The quantitative estimate of drug-likeness (QED) is 0.326. The summed E-state index contributed by atoms with van der Waals surface area (Å²) in [6, 6.07) is 0. The Morgan fingerprint density at radius 3 is 3.00 bits per heavy atom. The first kappa shape index (κ1) is 7.68. The fraction of sp³-hybridized carbons (Fsp3) is 0.667. The van der Waals surface area contributed by atoms with Gasteiger partial charge in [-0.1, -0.05) is 6.08 Å². The van der Waals surface area contributed by atoms with Crippen LogP contribution >= 0.6 is 0 Å². The summed E-state index contributed by atoms with van der Waals surface area (Å²) in [4.78, 5) is 4.52. The van der Waals surface area contributed by atoms with E-state index in [-0.39, 0.29) is 0 Å². The highest BCUT2D eigenvalue weighted by Gasteiger charge is 2.25. The summed E-state index contributed by atoms with van der Waals surface area (Å²) >= 11 is 0. The maximum atomic E-state index is 4.98. The minimum absolute atomic E-state index is 0.309. The van der Waals surface area contributed by atoms with Crippen molar-refractivity contribution in [2.24, 2.45) is 5.90 Å². The van der Waals surface area contributed by atoms with Gasteiger partial charge in [0.25, 0.3) is 0 Å². The Kier molecular flexibility index (Phi) is 2.82. The van der Waals surface area contributed by atoms with Gasteiger partial charge < -0.3 is 4.74 Å². The summed E-state index contributed by atoms with van der Waals surface area (Å²) < 4.78 is 4.98. The van der Waals surface area contributed by atoms with Crippen molar-refractivity contribution < 1.29 is 9.68 Å². The predicted molar refractivity (Wildman–Crippen MR) is 36.8 cm³/mol. The zero-order chi connectivity index (χ0) is 7.40. The maximum absolute atomic E-state index is 4.98. The number of rotatable bonds is 5. The molecule has 0 aromatic heterocycles. The van der Waals surface area contributed by atoms with E-state index in [1.54, 1.807) is 11.1 Å². The highest BCUT2D eigenvalue weighted by atomic mass is 16.8. The number of hydroxylamine groups is 2. The molecule has 4 nitrogen and oxygen atoms in total. The van der Waals surface area contributed by atoms with Crippen LogP contribution in [-0.2, 0) is 9.68 Å². The normalized spacial score (nSPS) is 23.2. The van der Waals surface area contributed by atoms with E-state index in [1.807, 2.05) is 0 Å². The molecule has 0 spiro atoms. The number of epoxide rings is 1. The molecule has 0 aliphatic carbocycles. The molecule has 0 saturated carbocycles. The van der Waals surface area contributed by atoms with E-state index in [0.717, 1.165) is 13.2 Å². The van der Waals surface area contributed by atoms with Crippen LogP contribution in [0.1, 0.15) is 0 Å². The summed E-state index contributed by atoms with van der Waals surface area (Å²) in [5, 5.41) is 1.60. The second kappa shape index (κ2) is 3.68. The molecule has 58 valence electrons. The highest BCUT2D eigenvalue weighted by molar-refractivity contribution is 4.75. The standard InChI is InChI=1S/C6H12N2O2/c1-2-3-8(10-7)4-6-5-9-6/h2,6H,1,3-5,7H2. The molecule has 1 aliphatic heterocycles. The molecule has 0 bridgehead atoms. The Hall–Kier alpha value is -0.420. The Morgan fingerprint density at radius 2 is 2.60 bits per heavy atom. The minimum atomic E-state index is 0.309. The molecule has 0 aromatic rings. The van der Waals surface area contributed by atoms with Crippen molar-refractivity contribution in [2.45, 2.75) is 6.10 Å². The van der Waals surface area contributed by atoms with Crippen molar-refractivity contribution in [3.63, 3.8) is 0 Å². The number of nitrogens with two attached hydrogens (primary N) is 1. The first-order chi connectivity index (χ1) is 4.86. The molecule has 10 heavy (non-hydrogen) atoms. The molecule has 1 unspecified atom stereocenters. The van der Waals surface area contributed by atoms with Gasteiger partial charge in [-0.3, -0.25) is 0 Å². The number of hydrogen-bond acceptors (Lipinski definition) is 4. The van der Waals surface area contributed by atoms with Crippen molar-refractivity contribution in [3.05, 3.63) is 12.7 Å². The molecule has 2 N–H and O–H groups in total. The van der Waals surface area contributed by atoms with E-state index >= 15 is 0 Å². The number of hydrogen-bond donors (Lipinski definition) is 1. The van der Waals surface area contributed by atoms with Crippen molar-refractivity contribution in [1.29, 1.82) is 0 Å². The molecule has 0 aromatic carbocycles. The van der Waals surface area contributed by atoms with Gasteiger partial charge in [0.2, 0.25) is 0 Å². The number of ether oxygens (including phenoxy) is 1. The number of nitrogens with zero attached hydrogens (tertiary/aromatic N) is 1. The summed E-state index contributed by atoms with van der Waals surface area (Å²) in [6.07, 6.45) is 2.04. The molecule has 0 amide bonds. The fourth-order valence-corrected chi connectivity index (χ4v) is 0.705. The van der Waals surface area contributed by atoms with Crippen LogP contribution in [0.5, 0.6) is 0 Å². The third kappa shape index (κ3) is 2.45. The lowest BCUT2D eigenvalue weighted by atomic mass is 10.4. The first-order valence-electron chi connectivity index (χ1n) is 3.21. The third-order valence-electron chi connectivity index (χ3n) is 1.29. The van der Waals surface area contributed by atoms with E-state index in [1.165, 1.54) is 0 Å². The summed E-state index contributed by atoms with van der Waals surface area (Å²) in [5.41, 5.74) is 0. The average molecular weight is 144 g/mol. The van der Waals surface area contributed by atoms with Gasteiger partial charge in [0, 0.05) is 6.54 Å². The van der Waals surface area contributed by atoms with Crippen LogP contribution in [0.3, 0.4) is 0 Å². The molecular formula is C6H12N2O2. The van der Waals surface area contributed by atoms with Crippen molar-refractivity contribution in [3.8, 4) is 0 Å². The Morgan fingerprint density at radius 1 is 1.90 bits per heavy atom. The zero-order valence-corrected chi connectivity index (χ0v) is 5.82. The third-order valence-corrected chi connectivity index (χ3v) is 1.29. The van der Waals surface area contributed by atoms with Gasteiger partial charge in [0.1, 0.15) is 0 Å². The molecule has 1 rings (SSSR count). The maximum Gasteiger partial charge on any atom is 0.0960 e. The van der Waals surface area contributed by atoms with E-state index in [9.17, 15) is 0 Å². The molecular weight excluding hydrogens is 132 g/mol. The van der Waals surface area contributed by atoms with Crippen LogP contribution < -0.4 is 5.90 Å². The zero-order valence-electron chi connectivity index (χ0n) is 5.82. The average Bonchev–Trinajstić information content (AvgIpc) is 2.71. The smallest absolute Gasteiger partial charge is 0.0960 e. The van der Waals surface area contributed by atoms with Crippen LogP contribution in [0.25, 0.3) is 0 Å². The van der Waals surface area contributed by atoms with Gasteiger partial charge in [-0.2, -0.15) is 11.0 Å². The van der Waals surface area contributed by atoms with Gasteiger partial charge in [0.05, 0.1) is 19.3 Å². The Balaban J connectivity index is 2.11. The van der Waals surface area contributed by atoms with Crippen LogP contribution in [0.15, 0.2) is 12.7 Å². The fourth-order valence-electron chi connectivity index (χ4n) is 0.705. The van der Waals surface area contributed by atoms with Crippen LogP contribution in [0.4, 0.5) is 0 Å². The van der Waals surface area contributed by atoms with Crippen LogP contribution in [0.2, 0.25) is 0 Å². The Labute approximate surface area is 60.1 Å². The second-order valence-electron chi connectivity index (χ2n) is 2.20. The van der Waals surface area contributed by atoms with Crippen molar-refractivity contribution in [1.82, 2.24) is 5.06 Å². The minimum Gasteiger partial charge on any atom is -0.372 e. The molecule has 1 atom stereocenters. The lowest BCUT2D eigenvalue weighted by molar-refractivity contribution is -0.157. The molecule has 1 saturated heterocycles. The van der Waals surface area contributed by atoms with Crippen molar-refractivity contribution >= 4 is 0 Å².